The Bertz CT molecular complexity index is 1620. The van der Waals surface area contributed by atoms with Gasteiger partial charge in [-0.05, 0) is 72.9 Å². The third-order valence-electron chi connectivity index (χ3n) is 9.68. The van der Waals surface area contributed by atoms with Gasteiger partial charge in [-0.15, -0.1) is 0 Å². The molecule has 3 saturated carbocycles. The van der Waals surface area contributed by atoms with Crippen molar-refractivity contribution in [1.29, 1.82) is 0 Å². The molecule has 3 aliphatic carbocycles. The maximum Gasteiger partial charge on any atom is 0.240 e. The number of ketones is 1. The molecule has 1 heterocycles. The number of primary amides is 1. The third-order valence-corrected chi connectivity index (χ3v) is 10.1. The van der Waals surface area contributed by atoms with Gasteiger partial charge in [0.2, 0.25) is 17.7 Å². The third kappa shape index (κ3) is 5.64. The smallest absolute Gasteiger partial charge is 0.240 e. The number of halogens is 1. The van der Waals surface area contributed by atoms with E-state index >= 15 is 0 Å². The van der Waals surface area contributed by atoms with Crippen LogP contribution in [0.4, 0.5) is 5.69 Å². The largest absolute Gasteiger partial charge is 0.368 e. The van der Waals surface area contributed by atoms with Crippen molar-refractivity contribution in [3.63, 3.8) is 0 Å². The van der Waals surface area contributed by atoms with Crippen LogP contribution in [0.25, 0.3) is 0 Å². The van der Waals surface area contributed by atoms with E-state index in [0.717, 1.165) is 36.0 Å². The highest BCUT2D eigenvalue weighted by atomic mass is 35.5. The number of hydrogen-bond donors (Lipinski definition) is 3. The summed E-state index contributed by atoms with van der Waals surface area (Å²) in [5, 5.41) is 3.67. The van der Waals surface area contributed by atoms with Gasteiger partial charge in [-0.3, -0.25) is 19.2 Å². The molecule has 1 aliphatic heterocycles. The van der Waals surface area contributed by atoms with E-state index < -0.39 is 23.9 Å². The number of amides is 3. The Morgan fingerprint density at radius 2 is 1.66 bits per heavy atom. The lowest BCUT2D eigenvalue weighted by Crippen LogP contribution is -2.72. The van der Waals surface area contributed by atoms with Crippen LogP contribution < -0.4 is 16.8 Å². The molecule has 7 rings (SSSR count). The number of rotatable bonds is 10. The van der Waals surface area contributed by atoms with E-state index in [-0.39, 0.29) is 47.8 Å². The van der Waals surface area contributed by atoms with Crippen LogP contribution in [-0.2, 0) is 20.8 Å². The second-order valence-corrected chi connectivity index (χ2v) is 13.4. The molecule has 0 aromatic heterocycles. The number of fused-ring (bicyclic) bond motifs is 1. The van der Waals surface area contributed by atoms with Gasteiger partial charge >= 0.3 is 0 Å². The lowest BCUT2D eigenvalue weighted by Gasteiger charge is -2.70. The average Bonchev–Trinajstić information content (AvgIpc) is 2.98. The van der Waals surface area contributed by atoms with Crippen LogP contribution in [-0.4, -0.2) is 40.0 Å². The molecule has 0 radical (unpaired) electrons. The Morgan fingerprint density at radius 1 is 0.977 bits per heavy atom. The second kappa shape index (κ2) is 11.5. The predicted octanol–water partition coefficient (Wildman–Crippen LogP) is 5.12. The predicted molar refractivity (Wildman–Crippen MR) is 169 cm³/mol. The van der Waals surface area contributed by atoms with Crippen molar-refractivity contribution in [2.45, 2.75) is 69.5 Å². The first-order valence-electron chi connectivity index (χ1n) is 15.1. The van der Waals surface area contributed by atoms with Gasteiger partial charge in [0.1, 0.15) is 6.04 Å². The topological polar surface area (TPSA) is 136 Å². The van der Waals surface area contributed by atoms with Crippen LogP contribution in [0.15, 0.2) is 72.8 Å². The zero-order valence-corrected chi connectivity index (χ0v) is 25.5. The molecule has 5 N–H and O–H groups in total. The van der Waals surface area contributed by atoms with Gasteiger partial charge in [0.05, 0.1) is 12.0 Å². The summed E-state index contributed by atoms with van der Waals surface area (Å²) >= 11 is 6.24. The molecule has 0 spiro atoms. The number of anilines is 1. The minimum atomic E-state index is -0.962. The van der Waals surface area contributed by atoms with Crippen LogP contribution >= 0.6 is 11.6 Å². The molecule has 3 fully saturated rings. The fraction of sp³-hybridized carbons (Fsp3) is 0.371. The maximum absolute atomic E-state index is 14.3. The number of benzene rings is 3. The Morgan fingerprint density at radius 3 is 2.32 bits per heavy atom. The molecule has 9 heteroatoms. The van der Waals surface area contributed by atoms with Gasteiger partial charge in [0, 0.05) is 41.1 Å². The van der Waals surface area contributed by atoms with E-state index in [0.29, 0.717) is 22.7 Å². The van der Waals surface area contributed by atoms with Crippen molar-refractivity contribution in [3.05, 3.63) is 100 Å². The zero-order valence-electron chi connectivity index (χ0n) is 24.7. The first kappa shape index (κ1) is 30.0. The lowest BCUT2D eigenvalue weighted by molar-refractivity contribution is -0.163. The number of nitrogens with zero attached hydrogens (tertiary/aromatic N) is 1. The number of hydrogen-bond acceptors (Lipinski definition) is 5. The van der Waals surface area contributed by atoms with Crippen LogP contribution in [0.3, 0.4) is 0 Å². The van der Waals surface area contributed by atoms with E-state index in [1.165, 1.54) is 4.90 Å². The molecule has 3 amide bonds. The van der Waals surface area contributed by atoms with Crippen LogP contribution in [0, 0.1) is 18.3 Å². The average molecular weight is 613 g/mol. The summed E-state index contributed by atoms with van der Waals surface area (Å²) in [7, 11) is 0. The Hall–Kier alpha value is -4.01. The quantitative estimate of drug-likeness (QED) is 0.273. The highest BCUT2D eigenvalue weighted by molar-refractivity contribution is 6.31. The summed E-state index contributed by atoms with van der Waals surface area (Å²) in [5.41, 5.74) is 15.7. The Balaban J connectivity index is 1.37. The van der Waals surface area contributed by atoms with Crippen molar-refractivity contribution in [2.24, 2.45) is 22.8 Å². The van der Waals surface area contributed by atoms with Crippen molar-refractivity contribution in [1.82, 2.24) is 4.90 Å². The van der Waals surface area contributed by atoms with Crippen molar-refractivity contribution in [3.8, 4) is 0 Å². The highest BCUT2D eigenvalue weighted by Gasteiger charge is 2.66. The summed E-state index contributed by atoms with van der Waals surface area (Å²) < 4.78 is 0. The zero-order chi connectivity index (χ0) is 31.2. The van der Waals surface area contributed by atoms with Gasteiger partial charge < -0.3 is 21.7 Å². The lowest BCUT2D eigenvalue weighted by atomic mass is 9.38. The molecule has 4 aliphatic rings. The summed E-state index contributed by atoms with van der Waals surface area (Å²) in [6.45, 7) is 1.87. The normalized spacial score (nSPS) is 25.6. The fourth-order valence-electron chi connectivity index (χ4n) is 7.83. The van der Waals surface area contributed by atoms with Gasteiger partial charge in [0.15, 0.2) is 5.78 Å². The van der Waals surface area contributed by atoms with Gasteiger partial charge in [-0.1, -0.05) is 66.2 Å². The Kier molecular flexibility index (Phi) is 7.84. The molecule has 8 nitrogen and oxygen atoms in total. The van der Waals surface area contributed by atoms with Crippen LogP contribution in [0.1, 0.15) is 71.6 Å². The number of nitrogens with one attached hydrogen (secondary N) is 1. The molecule has 2 bridgehead atoms. The second-order valence-electron chi connectivity index (χ2n) is 13.0. The molecular formula is C35H37ClN4O4. The number of nitrogens with two attached hydrogens (primary N) is 2. The van der Waals surface area contributed by atoms with Crippen molar-refractivity contribution in [2.75, 3.05) is 5.32 Å². The molecule has 3 aromatic carbocycles. The van der Waals surface area contributed by atoms with Crippen molar-refractivity contribution < 1.29 is 19.2 Å². The number of Topliss-reactive ketones (excluding diaryl/α,β-unsaturated/α-hetero) is 1. The highest BCUT2D eigenvalue weighted by Crippen LogP contribution is 2.69. The van der Waals surface area contributed by atoms with E-state index in [9.17, 15) is 19.2 Å². The molecule has 3 aromatic rings. The molecule has 44 heavy (non-hydrogen) atoms. The minimum absolute atomic E-state index is 0.0280. The minimum Gasteiger partial charge on any atom is -0.368 e. The van der Waals surface area contributed by atoms with Gasteiger partial charge in [-0.25, -0.2) is 0 Å². The Labute approximate surface area is 262 Å². The van der Waals surface area contributed by atoms with Crippen LogP contribution in [0.2, 0.25) is 5.02 Å². The van der Waals surface area contributed by atoms with E-state index in [2.05, 4.69) is 5.32 Å². The SMILES string of the molecule is Cc1cc(NC(=O)[C@H](CC23CC(N)(C2)C3)C2c3ccccc3CC(C(N)=O)N2C(=O)CCC(=O)c2ccccc2)ccc1Cl. The standard InChI is InChI=1S/C35H37ClN4O4/c1-21-15-24(11-12-27(21)36)39-33(44)26(17-34-18-35(38,19-34)20-34)31-25-10-6-5-9-23(25)16-28(32(37)43)40(31)30(42)14-13-29(41)22-7-3-2-4-8-22/h2-12,15,26,28,31H,13-14,16-20,38H2,1H3,(H2,37,43)(H,39,44)/t26-,28?,31?,34?,35?/m1/s1. The first-order valence-corrected chi connectivity index (χ1v) is 15.5. The monoisotopic (exact) mass is 612 g/mol. The van der Waals surface area contributed by atoms with E-state index in [4.69, 9.17) is 23.1 Å². The molecule has 2 unspecified atom stereocenters. The van der Waals surface area contributed by atoms with E-state index in [1.54, 1.807) is 36.4 Å². The van der Waals surface area contributed by atoms with Gasteiger partial charge in [0.25, 0.3) is 0 Å². The molecule has 0 saturated heterocycles. The fourth-order valence-corrected chi connectivity index (χ4v) is 7.95. The molecule has 228 valence electrons. The number of carbonyl (C=O) groups is 4. The number of aryl methyl sites for hydroxylation is 1. The van der Waals surface area contributed by atoms with E-state index in [1.807, 2.05) is 43.3 Å². The molecular weight excluding hydrogens is 576 g/mol. The van der Waals surface area contributed by atoms with Gasteiger partial charge in [-0.2, -0.15) is 0 Å². The summed E-state index contributed by atoms with van der Waals surface area (Å²) in [6, 6.07) is 20.0. The summed E-state index contributed by atoms with van der Waals surface area (Å²) in [6.07, 6.45) is 3.05. The first-order chi connectivity index (χ1) is 21.0. The summed E-state index contributed by atoms with van der Waals surface area (Å²) in [4.78, 5) is 55.9. The maximum atomic E-state index is 14.3. The van der Waals surface area contributed by atoms with Crippen LogP contribution in [0.5, 0.6) is 0 Å². The van der Waals surface area contributed by atoms with Crippen molar-refractivity contribution >= 4 is 40.8 Å². The molecule has 3 atom stereocenters. The number of carbonyl (C=O) groups excluding carboxylic acids is 4. The summed E-state index contributed by atoms with van der Waals surface area (Å²) in [5.74, 6) is -2.16.